The van der Waals surface area contributed by atoms with E-state index in [1.54, 1.807) is 6.08 Å². The summed E-state index contributed by atoms with van der Waals surface area (Å²) in [6.07, 6.45) is 4.26. The van der Waals surface area contributed by atoms with E-state index < -0.39 is 0 Å². The summed E-state index contributed by atoms with van der Waals surface area (Å²) in [5.74, 6) is 2.23. The predicted molar refractivity (Wildman–Crippen MR) is 91.8 cm³/mol. The van der Waals surface area contributed by atoms with E-state index in [1.807, 2.05) is 13.0 Å². The summed E-state index contributed by atoms with van der Waals surface area (Å²) >= 11 is 5.20. The molecule has 1 atom stereocenters. The molecule has 1 saturated heterocycles. The minimum Gasteiger partial charge on any atom is -0.359 e. The number of thiocarbonyl (C=S) groups is 1. The SMILES string of the molecule is C=CCNC(=S)Nc1nc(C)cc(N2CCC[C@H](C)C2)n1. The number of nitrogens with one attached hydrogen (secondary N) is 2. The van der Waals surface area contributed by atoms with E-state index in [-0.39, 0.29) is 0 Å². The van der Waals surface area contributed by atoms with Gasteiger partial charge in [0.05, 0.1) is 0 Å². The topological polar surface area (TPSA) is 53.1 Å². The van der Waals surface area contributed by atoms with Gasteiger partial charge in [-0.2, -0.15) is 4.98 Å². The number of aryl methyl sites for hydroxylation is 1. The second-order valence-corrected chi connectivity index (χ2v) is 5.92. The van der Waals surface area contributed by atoms with Gasteiger partial charge in [-0.3, -0.25) is 0 Å². The third-order valence-corrected chi connectivity index (χ3v) is 3.70. The summed E-state index contributed by atoms with van der Waals surface area (Å²) < 4.78 is 0. The molecule has 0 unspecified atom stereocenters. The van der Waals surface area contributed by atoms with Crippen molar-refractivity contribution in [2.45, 2.75) is 26.7 Å². The molecule has 0 aromatic carbocycles. The van der Waals surface area contributed by atoms with Gasteiger partial charge in [0.2, 0.25) is 5.95 Å². The van der Waals surface area contributed by atoms with Crippen LogP contribution in [-0.2, 0) is 0 Å². The number of piperidine rings is 1. The molecule has 5 nitrogen and oxygen atoms in total. The van der Waals surface area contributed by atoms with Gasteiger partial charge in [-0.15, -0.1) is 6.58 Å². The Balaban J connectivity index is 2.09. The molecule has 2 N–H and O–H groups in total. The molecule has 0 aliphatic carbocycles. The number of hydrogen-bond acceptors (Lipinski definition) is 4. The maximum atomic E-state index is 5.20. The highest BCUT2D eigenvalue weighted by molar-refractivity contribution is 7.80. The first-order valence-corrected chi connectivity index (χ1v) is 7.75. The smallest absolute Gasteiger partial charge is 0.231 e. The van der Waals surface area contributed by atoms with Gasteiger partial charge in [0.1, 0.15) is 5.82 Å². The Kier molecular flexibility index (Phi) is 5.50. The summed E-state index contributed by atoms with van der Waals surface area (Å²) in [5.41, 5.74) is 0.937. The average Bonchev–Trinajstić information content (AvgIpc) is 2.44. The molecule has 2 rings (SSSR count). The lowest BCUT2D eigenvalue weighted by Gasteiger charge is -2.32. The van der Waals surface area contributed by atoms with Gasteiger partial charge in [-0.25, -0.2) is 4.98 Å². The van der Waals surface area contributed by atoms with Crippen LogP contribution in [-0.4, -0.2) is 34.7 Å². The number of anilines is 2. The van der Waals surface area contributed by atoms with Gasteiger partial charge >= 0.3 is 0 Å². The van der Waals surface area contributed by atoms with Crippen LogP contribution in [0, 0.1) is 12.8 Å². The summed E-state index contributed by atoms with van der Waals surface area (Å²) in [7, 11) is 0. The quantitative estimate of drug-likeness (QED) is 0.658. The van der Waals surface area contributed by atoms with E-state index in [1.165, 1.54) is 12.8 Å². The largest absolute Gasteiger partial charge is 0.359 e. The third kappa shape index (κ3) is 4.67. The highest BCUT2D eigenvalue weighted by Gasteiger charge is 2.18. The summed E-state index contributed by atoms with van der Waals surface area (Å²) in [4.78, 5) is 11.3. The van der Waals surface area contributed by atoms with Crippen LogP contribution in [0.1, 0.15) is 25.5 Å². The molecule has 0 radical (unpaired) electrons. The molecule has 21 heavy (non-hydrogen) atoms. The molecular weight excluding hydrogens is 282 g/mol. The second kappa shape index (κ2) is 7.36. The fourth-order valence-electron chi connectivity index (χ4n) is 2.48. The maximum Gasteiger partial charge on any atom is 0.231 e. The lowest BCUT2D eigenvalue weighted by molar-refractivity contribution is 0.444. The van der Waals surface area contributed by atoms with Crippen LogP contribution in [0.15, 0.2) is 18.7 Å². The highest BCUT2D eigenvalue weighted by Crippen LogP contribution is 2.22. The monoisotopic (exact) mass is 305 g/mol. The molecular formula is C15H23N5S. The fraction of sp³-hybridized carbons (Fsp3) is 0.533. The molecule has 114 valence electrons. The van der Waals surface area contributed by atoms with E-state index in [4.69, 9.17) is 12.2 Å². The first-order valence-electron chi connectivity index (χ1n) is 7.35. The average molecular weight is 305 g/mol. The molecule has 1 aliphatic rings. The number of nitrogens with zero attached hydrogens (tertiary/aromatic N) is 3. The van der Waals surface area contributed by atoms with Gasteiger partial charge in [0.25, 0.3) is 0 Å². The van der Waals surface area contributed by atoms with Gasteiger partial charge in [0, 0.05) is 31.4 Å². The Bertz CT molecular complexity index is 517. The standard InChI is InChI=1S/C15H23N5S/c1-4-7-16-15(21)19-14-17-12(3)9-13(18-14)20-8-5-6-11(2)10-20/h4,9,11H,1,5-8,10H2,2-3H3,(H2,16,17,18,19,21)/t11-/m0/s1. The van der Waals surface area contributed by atoms with Crippen LogP contribution in [0.2, 0.25) is 0 Å². The van der Waals surface area contributed by atoms with Crippen molar-refractivity contribution >= 4 is 29.1 Å². The summed E-state index contributed by atoms with van der Waals surface area (Å²) in [5, 5.41) is 6.56. The van der Waals surface area contributed by atoms with E-state index in [0.29, 0.717) is 23.5 Å². The molecule has 0 amide bonds. The Hall–Kier alpha value is -1.69. The van der Waals surface area contributed by atoms with Crippen LogP contribution in [0.5, 0.6) is 0 Å². The molecule has 0 saturated carbocycles. The van der Waals surface area contributed by atoms with Crippen LogP contribution in [0.3, 0.4) is 0 Å². The van der Waals surface area contributed by atoms with E-state index in [2.05, 4.69) is 39.0 Å². The predicted octanol–water partition coefficient (Wildman–Crippen LogP) is 2.49. The second-order valence-electron chi connectivity index (χ2n) is 5.51. The first-order chi connectivity index (χ1) is 10.1. The van der Waals surface area contributed by atoms with Gasteiger partial charge in [0.15, 0.2) is 5.11 Å². The van der Waals surface area contributed by atoms with Crippen LogP contribution < -0.4 is 15.5 Å². The third-order valence-electron chi connectivity index (χ3n) is 3.45. The van der Waals surface area contributed by atoms with Crippen molar-refractivity contribution in [1.29, 1.82) is 0 Å². The van der Waals surface area contributed by atoms with Gasteiger partial charge in [-0.1, -0.05) is 13.0 Å². The Labute approximate surface area is 131 Å². The van der Waals surface area contributed by atoms with Crippen LogP contribution in [0.25, 0.3) is 0 Å². The van der Waals surface area contributed by atoms with Crippen LogP contribution in [0.4, 0.5) is 11.8 Å². The number of rotatable bonds is 4. The lowest BCUT2D eigenvalue weighted by Crippen LogP contribution is -2.35. The van der Waals surface area contributed by atoms with Crippen molar-refractivity contribution in [1.82, 2.24) is 15.3 Å². The van der Waals surface area contributed by atoms with Crippen molar-refractivity contribution in [3.63, 3.8) is 0 Å². The lowest BCUT2D eigenvalue weighted by atomic mass is 10.0. The van der Waals surface area contributed by atoms with Crippen molar-refractivity contribution in [2.24, 2.45) is 5.92 Å². The van der Waals surface area contributed by atoms with Crippen molar-refractivity contribution in [3.8, 4) is 0 Å². The zero-order valence-corrected chi connectivity index (χ0v) is 13.5. The zero-order chi connectivity index (χ0) is 15.2. The number of hydrogen-bond donors (Lipinski definition) is 2. The van der Waals surface area contributed by atoms with Crippen molar-refractivity contribution in [3.05, 3.63) is 24.4 Å². The molecule has 0 bridgehead atoms. The molecule has 0 spiro atoms. The molecule has 1 aromatic rings. The number of aromatic nitrogens is 2. The maximum absolute atomic E-state index is 5.20. The van der Waals surface area contributed by atoms with Crippen LogP contribution >= 0.6 is 12.2 Å². The molecule has 1 aromatic heterocycles. The fourth-order valence-corrected chi connectivity index (χ4v) is 2.65. The Morgan fingerprint density at radius 3 is 3.10 bits per heavy atom. The highest BCUT2D eigenvalue weighted by atomic mass is 32.1. The minimum atomic E-state index is 0.512. The summed E-state index contributed by atoms with van der Waals surface area (Å²) in [6.45, 7) is 10.6. The molecule has 1 fully saturated rings. The normalized spacial score (nSPS) is 18.2. The summed E-state index contributed by atoms with van der Waals surface area (Å²) in [6, 6.07) is 2.03. The molecule has 2 heterocycles. The molecule has 1 aliphatic heterocycles. The van der Waals surface area contributed by atoms with Gasteiger partial charge < -0.3 is 15.5 Å². The van der Waals surface area contributed by atoms with E-state index in [9.17, 15) is 0 Å². The molecule has 6 heteroatoms. The van der Waals surface area contributed by atoms with Crippen molar-refractivity contribution in [2.75, 3.05) is 29.9 Å². The van der Waals surface area contributed by atoms with E-state index >= 15 is 0 Å². The zero-order valence-electron chi connectivity index (χ0n) is 12.7. The Morgan fingerprint density at radius 2 is 2.38 bits per heavy atom. The van der Waals surface area contributed by atoms with Gasteiger partial charge in [-0.05, 0) is 37.9 Å². The minimum absolute atomic E-state index is 0.512. The van der Waals surface area contributed by atoms with Crippen molar-refractivity contribution < 1.29 is 0 Å². The van der Waals surface area contributed by atoms with E-state index in [0.717, 1.165) is 24.6 Å². The first kappa shape index (κ1) is 15.7. The Morgan fingerprint density at radius 1 is 1.57 bits per heavy atom.